The normalized spacial score (nSPS) is 42.9. The number of nitrogens with one attached hydrogen (secondary N) is 1. The van der Waals surface area contributed by atoms with Gasteiger partial charge in [0.05, 0.1) is 43.0 Å². The maximum Gasteiger partial charge on any atom is 0.306 e. The number of halogens is 1. The Hall–Kier alpha value is -2.53. The second-order valence-corrected chi connectivity index (χ2v) is 19.2. The number of fused-ring (bicyclic) bond motifs is 5. The number of ketones is 1. The van der Waals surface area contributed by atoms with Crippen LogP contribution < -0.4 is 5.32 Å². The summed E-state index contributed by atoms with van der Waals surface area (Å²) < 4.78 is 64.9. The summed E-state index contributed by atoms with van der Waals surface area (Å²) in [6.07, 6.45) is 2.58. The van der Waals surface area contributed by atoms with Gasteiger partial charge >= 0.3 is 5.97 Å². The third-order valence-electron chi connectivity index (χ3n) is 15.4. The van der Waals surface area contributed by atoms with Crippen LogP contribution in [0, 0.1) is 48.2 Å². The van der Waals surface area contributed by atoms with Crippen LogP contribution in [-0.4, -0.2) is 137 Å². The molecule has 13 nitrogen and oxygen atoms in total. The standard InChI is InChI=1S/C48H73FN2O11/c1-11-29-13-12-14-38(62-40-18-17-37(51(6)7)26(4)58-40)25(3)43(53)35-22-32-31-20-30(61-48-47(57-10)46(56-9)45(55-8)27(5)59-48)21-34(31)42(50-36-19-28(49)16-15-24(36)2)44(54)41(32)33(35)23-39(52)60-29/h15-16,19,22,25-27,29-34,37-38,40-42,44-48,50,54H,11-14,17-18,20-21,23H2,1-10H3/t25-,26?,27?,29+,30+,31+,32+,33-,34-,37+,38+,40+,41-,42+,44+,45+,46?,47+,48+/m1/s1. The average molecular weight is 873 g/mol. The first-order valence-corrected chi connectivity index (χ1v) is 23.2. The van der Waals surface area contributed by atoms with Crippen LogP contribution in [0.4, 0.5) is 10.1 Å². The predicted octanol–water partition coefficient (Wildman–Crippen LogP) is 6.22. The molecule has 1 aromatic rings. The van der Waals surface area contributed by atoms with Gasteiger partial charge in [-0.3, -0.25) is 9.59 Å². The van der Waals surface area contributed by atoms with E-state index in [0.29, 0.717) is 43.4 Å². The van der Waals surface area contributed by atoms with E-state index in [1.807, 2.05) is 27.7 Å². The van der Waals surface area contributed by atoms with Gasteiger partial charge in [0.2, 0.25) is 0 Å². The zero-order valence-electron chi connectivity index (χ0n) is 38.5. The van der Waals surface area contributed by atoms with E-state index in [9.17, 15) is 14.3 Å². The number of carbonyl (C=O) groups is 2. The van der Waals surface area contributed by atoms with Crippen molar-refractivity contribution in [2.24, 2.45) is 35.5 Å². The smallest absolute Gasteiger partial charge is 0.306 e. The van der Waals surface area contributed by atoms with Gasteiger partial charge < -0.3 is 53.2 Å². The first-order chi connectivity index (χ1) is 29.7. The molecule has 2 saturated carbocycles. The SMILES string of the molecule is CC[C@H]1CCC[C@H](O[C@H]2CC[C@H](N(C)C)C(C)O2)[C@@H](C)C(=O)C2=C[C@H]3[C@@H]4C[C@H](O[C@@H]5OC(C)[C@H](OC)C(OC)[C@@H]5OC)C[C@H]4[C@H](Nc4cc(F)ccc4C)[C@@H](O)[C@H]3[C@@H]2CC(=O)O1. The Kier molecular flexibility index (Phi) is 15.6. The fourth-order valence-corrected chi connectivity index (χ4v) is 12.1. The van der Waals surface area contributed by atoms with Crippen LogP contribution in [0.15, 0.2) is 29.8 Å². The van der Waals surface area contributed by atoms with Crippen molar-refractivity contribution in [2.75, 3.05) is 40.7 Å². The number of hydrogen-bond donors (Lipinski definition) is 2. The van der Waals surface area contributed by atoms with Crippen LogP contribution in [0.25, 0.3) is 0 Å². The number of hydrogen-bond acceptors (Lipinski definition) is 13. The lowest BCUT2D eigenvalue weighted by molar-refractivity contribution is -0.314. The van der Waals surface area contributed by atoms with Crippen molar-refractivity contribution in [3.8, 4) is 0 Å². The molecule has 348 valence electrons. The molecule has 14 heteroatoms. The summed E-state index contributed by atoms with van der Waals surface area (Å²) in [6.45, 7) is 9.87. The van der Waals surface area contributed by atoms with Crippen LogP contribution >= 0.6 is 0 Å². The topological polar surface area (TPSA) is 143 Å². The largest absolute Gasteiger partial charge is 0.462 e. The molecule has 0 bridgehead atoms. The second kappa shape index (κ2) is 20.3. The number of aliphatic hydroxyl groups is 1. The second-order valence-electron chi connectivity index (χ2n) is 19.2. The highest BCUT2D eigenvalue weighted by Crippen LogP contribution is 2.57. The molecule has 1 aromatic carbocycles. The Morgan fingerprint density at radius 2 is 1.63 bits per heavy atom. The van der Waals surface area contributed by atoms with Crippen LogP contribution in [0.2, 0.25) is 0 Å². The van der Waals surface area contributed by atoms with Gasteiger partial charge in [0, 0.05) is 50.8 Å². The van der Waals surface area contributed by atoms with E-state index in [1.54, 1.807) is 27.4 Å². The van der Waals surface area contributed by atoms with E-state index in [-0.39, 0.29) is 78.3 Å². The van der Waals surface area contributed by atoms with Crippen molar-refractivity contribution in [1.29, 1.82) is 0 Å². The van der Waals surface area contributed by atoms with E-state index >= 15 is 4.79 Å². The predicted molar refractivity (Wildman–Crippen MR) is 230 cm³/mol. The number of aryl methyl sites for hydroxylation is 1. The number of carbonyl (C=O) groups excluding carboxylic acids is 2. The van der Waals surface area contributed by atoms with Crippen molar-refractivity contribution in [3.63, 3.8) is 0 Å². The van der Waals surface area contributed by atoms with E-state index < -0.39 is 60.8 Å². The number of rotatable bonds is 11. The number of allylic oxidation sites excluding steroid dienone is 2. The Bertz CT molecular complexity index is 1730. The van der Waals surface area contributed by atoms with Gasteiger partial charge in [0.25, 0.3) is 0 Å². The molecule has 3 saturated heterocycles. The Balaban J connectivity index is 1.22. The molecule has 0 aromatic heterocycles. The molecule has 6 aliphatic rings. The fourth-order valence-electron chi connectivity index (χ4n) is 12.1. The molecular weight excluding hydrogens is 800 g/mol. The number of benzene rings is 1. The Morgan fingerprint density at radius 1 is 0.903 bits per heavy atom. The number of esters is 1. The minimum atomic E-state index is -1.00. The van der Waals surface area contributed by atoms with Crippen molar-refractivity contribution in [1.82, 2.24) is 4.90 Å². The summed E-state index contributed by atoms with van der Waals surface area (Å²) in [6, 6.07) is 4.34. The first-order valence-electron chi connectivity index (χ1n) is 23.2. The molecule has 2 N–H and O–H groups in total. The molecule has 3 aliphatic heterocycles. The summed E-state index contributed by atoms with van der Waals surface area (Å²) in [5, 5.41) is 16.3. The van der Waals surface area contributed by atoms with Gasteiger partial charge in [-0.2, -0.15) is 0 Å². The molecular formula is C48H73FN2O11. The lowest BCUT2D eigenvalue weighted by Gasteiger charge is -2.47. The zero-order chi connectivity index (χ0) is 44.6. The number of anilines is 1. The van der Waals surface area contributed by atoms with Gasteiger partial charge in [0.15, 0.2) is 18.4 Å². The van der Waals surface area contributed by atoms with E-state index in [4.69, 9.17) is 37.9 Å². The first kappa shape index (κ1) is 47.4. The number of nitrogens with zero attached hydrogens (tertiary/aromatic N) is 1. The Labute approximate surface area is 368 Å². The van der Waals surface area contributed by atoms with Crippen molar-refractivity contribution < 1.29 is 57.0 Å². The maximum absolute atomic E-state index is 15.1. The number of aliphatic hydroxyl groups excluding tert-OH is 1. The van der Waals surface area contributed by atoms with Crippen molar-refractivity contribution in [2.45, 2.75) is 172 Å². The number of likely N-dealkylation sites (N-methyl/N-ethyl adjacent to an activating group) is 1. The van der Waals surface area contributed by atoms with Gasteiger partial charge in [-0.25, -0.2) is 4.39 Å². The monoisotopic (exact) mass is 873 g/mol. The number of Topliss-reactive ketones (excluding diaryl/α,β-unsaturated/α-hetero) is 1. The summed E-state index contributed by atoms with van der Waals surface area (Å²) >= 11 is 0. The fraction of sp³-hybridized carbons (Fsp3) is 0.792. The van der Waals surface area contributed by atoms with Crippen LogP contribution in [-0.2, 0) is 47.5 Å². The molecule has 19 atom stereocenters. The van der Waals surface area contributed by atoms with Gasteiger partial charge in [-0.05, 0) is 127 Å². The van der Waals surface area contributed by atoms with Crippen LogP contribution in [0.1, 0.15) is 91.0 Å². The van der Waals surface area contributed by atoms with Gasteiger partial charge in [0.1, 0.15) is 30.2 Å². The molecule has 3 aliphatic carbocycles. The number of ether oxygens (including phenoxy) is 8. The lowest BCUT2D eigenvalue weighted by atomic mass is 9.62. The van der Waals surface area contributed by atoms with Crippen LogP contribution in [0.5, 0.6) is 0 Å². The average Bonchev–Trinajstić information content (AvgIpc) is 3.83. The molecule has 0 radical (unpaired) electrons. The minimum absolute atomic E-state index is 0.0292. The van der Waals surface area contributed by atoms with E-state index in [2.05, 4.69) is 37.3 Å². The van der Waals surface area contributed by atoms with E-state index in [1.165, 1.54) is 12.1 Å². The molecule has 3 heterocycles. The van der Waals surface area contributed by atoms with Crippen molar-refractivity contribution >= 4 is 17.4 Å². The Morgan fingerprint density at radius 3 is 2.31 bits per heavy atom. The van der Waals surface area contributed by atoms with Crippen LogP contribution in [0.3, 0.4) is 0 Å². The highest BCUT2D eigenvalue weighted by atomic mass is 19.1. The van der Waals surface area contributed by atoms with Crippen molar-refractivity contribution in [3.05, 3.63) is 41.2 Å². The van der Waals surface area contributed by atoms with Gasteiger partial charge in [-0.1, -0.05) is 26.0 Å². The summed E-state index contributed by atoms with van der Waals surface area (Å²) in [5.41, 5.74) is 1.98. The molecule has 5 fully saturated rings. The third kappa shape index (κ3) is 9.70. The summed E-state index contributed by atoms with van der Waals surface area (Å²) in [5.74, 6) is -2.89. The zero-order valence-corrected chi connectivity index (χ0v) is 38.5. The van der Waals surface area contributed by atoms with Gasteiger partial charge in [-0.15, -0.1) is 0 Å². The third-order valence-corrected chi connectivity index (χ3v) is 15.4. The number of methoxy groups -OCH3 is 3. The maximum atomic E-state index is 15.1. The van der Waals surface area contributed by atoms with E-state index in [0.717, 1.165) is 24.8 Å². The summed E-state index contributed by atoms with van der Waals surface area (Å²) in [7, 11) is 8.98. The number of cyclic esters (lactones) is 1. The minimum Gasteiger partial charge on any atom is -0.462 e. The quantitative estimate of drug-likeness (QED) is 0.243. The molecule has 7 rings (SSSR count). The lowest BCUT2D eigenvalue weighted by Crippen LogP contribution is -2.59. The molecule has 62 heavy (non-hydrogen) atoms. The molecule has 0 spiro atoms. The summed E-state index contributed by atoms with van der Waals surface area (Å²) in [4.78, 5) is 31.2. The highest BCUT2D eigenvalue weighted by molar-refractivity contribution is 5.99. The highest BCUT2D eigenvalue weighted by Gasteiger charge is 2.60. The molecule has 3 unspecified atom stereocenters. The molecule has 0 amide bonds.